The van der Waals surface area contributed by atoms with Gasteiger partial charge >= 0.3 is 0 Å². The summed E-state index contributed by atoms with van der Waals surface area (Å²) in [6.45, 7) is 0.901. The maximum Gasteiger partial charge on any atom is 0.134 e. The molecular formula is C12H13BrN2O2S. The predicted molar refractivity (Wildman–Crippen MR) is 75.0 cm³/mol. The van der Waals surface area contributed by atoms with Gasteiger partial charge in [-0.2, -0.15) is 0 Å². The van der Waals surface area contributed by atoms with E-state index in [1.165, 1.54) is 0 Å². The average molecular weight is 329 g/mol. The number of hydrogen-bond acceptors (Lipinski definition) is 5. The van der Waals surface area contributed by atoms with Crippen molar-refractivity contribution < 1.29 is 9.47 Å². The van der Waals surface area contributed by atoms with E-state index in [2.05, 4.69) is 20.9 Å². The third kappa shape index (κ3) is 3.22. The van der Waals surface area contributed by atoms with Gasteiger partial charge in [-0.3, -0.25) is 0 Å². The molecule has 1 aromatic carbocycles. The van der Waals surface area contributed by atoms with Gasteiger partial charge in [0.25, 0.3) is 0 Å². The zero-order valence-electron chi connectivity index (χ0n) is 9.85. The molecule has 1 heterocycles. The average Bonchev–Trinajstić information content (AvgIpc) is 2.85. The van der Waals surface area contributed by atoms with Crippen molar-refractivity contribution in [3.63, 3.8) is 0 Å². The second-order valence-corrected chi connectivity index (χ2v) is 5.32. The molecule has 1 aromatic heterocycles. The molecule has 2 rings (SSSR count). The van der Waals surface area contributed by atoms with Crippen molar-refractivity contribution in [3.05, 3.63) is 38.8 Å². The molecule has 6 heteroatoms. The van der Waals surface area contributed by atoms with Crippen LogP contribution in [0.3, 0.4) is 0 Å². The monoisotopic (exact) mass is 328 g/mol. The van der Waals surface area contributed by atoms with Crippen LogP contribution in [0.15, 0.2) is 28.1 Å². The Morgan fingerprint density at radius 2 is 2.28 bits per heavy atom. The van der Waals surface area contributed by atoms with Gasteiger partial charge < -0.3 is 15.2 Å². The molecule has 0 fully saturated rings. The number of hydrogen-bond donors (Lipinski definition) is 1. The minimum Gasteiger partial charge on any atom is -0.497 e. The van der Waals surface area contributed by atoms with Crippen LogP contribution in [0.4, 0.5) is 0 Å². The van der Waals surface area contributed by atoms with Crippen molar-refractivity contribution in [1.29, 1.82) is 0 Å². The van der Waals surface area contributed by atoms with Crippen LogP contribution in [0.25, 0.3) is 0 Å². The molecule has 0 spiro atoms. The van der Waals surface area contributed by atoms with Gasteiger partial charge in [-0.05, 0) is 34.1 Å². The molecule has 18 heavy (non-hydrogen) atoms. The van der Waals surface area contributed by atoms with Crippen LogP contribution in [0.1, 0.15) is 10.7 Å². The molecule has 0 bridgehead atoms. The van der Waals surface area contributed by atoms with E-state index in [9.17, 15) is 0 Å². The van der Waals surface area contributed by atoms with Gasteiger partial charge in [0.1, 0.15) is 23.1 Å². The number of rotatable bonds is 5. The van der Waals surface area contributed by atoms with Gasteiger partial charge in [0.15, 0.2) is 0 Å². The predicted octanol–water partition coefficient (Wildman–Crippen LogP) is 2.95. The van der Waals surface area contributed by atoms with Crippen molar-refractivity contribution in [2.24, 2.45) is 5.73 Å². The lowest BCUT2D eigenvalue weighted by molar-refractivity contribution is 0.299. The second kappa shape index (κ2) is 6.17. The third-order valence-corrected chi connectivity index (χ3v) is 3.83. The first-order valence-electron chi connectivity index (χ1n) is 5.32. The number of benzene rings is 1. The Labute approximate surface area is 118 Å². The van der Waals surface area contributed by atoms with Crippen molar-refractivity contribution in [3.8, 4) is 11.5 Å². The van der Waals surface area contributed by atoms with Gasteiger partial charge in [-0.15, -0.1) is 11.3 Å². The third-order valence-electron chi connectivity index (χ3n) is 2.29. The van der Waals surface area contributed by atoms with Crippen LogP contribution in [-0.4, -0.2) is 12.1 Å². The molecular weight excluding hydrogens is 316 g/mol. The summed E-state index contributed by atoms with van der Waals surface area (Å²) in [6, 6.07) is 5.58. The number of nitrogens with zero attached hydrogens (tertiary/aromatic N) is 1. The molecule has 0 aliphatic heterocycles. The highest BCUT2D eigenvalue weighted by Crippen LogP contribution is 2.29. The van der Waals surface area contributed by atoms with Crippen LogP contribution >= 0.6 is 27.3 Å². The molecule has 0 radical (unpaired) electrons. The number of aromatic nitrogens is 1. The van der Waals surface area contributed by atoms with E-state index in [1.807, 2.05) is 23.6 Å². The molecule has 0 saturated carbocycles. The smallest absolute Gasteiger partial charge is 0.134 e. The van der Waals surface area contributed by atoms with Crippen molar-refractivity contribution in [2.45, 2.75) is 13.2 Å². The number of halogens is 1. The minimum absolute atomic E-state index is 0.432. The zero-order valence-corrected chi connectivity index (χ0v) is 12.3. The van der Waals surface area contributed by atoms with Crippen molar-refractivity contribution in [1.82, 2.24) is 4.98 Å². The van der Waals surface area contributed by atoms with Crippen LogP contribution in [0.5, 0.6) is 11.5 Å². The number of ether oxygens (including phenoxy) is 2. The van der Waals surface area contributed by atoms with E-state index >= 15 is 0 Å². The van der Waals surface area contributed by atoms with E-state index in [1.54, 1.807) is 18.4 Å². The summed E-state index contributed by atoms with van der Waals surface area (Å²) in [4.78, 5) is 4.34. The molecule has 0 atom stereocenters. The largest absolute Gasteiger partial charge is 0.497 e. The van der Waals surface area contributed by atoms with Gasteiger partial charge in [-0.25, -0.2) is 4.98 Å². The summed E-state index contributed by atoms with van der Waals surface area (Å²) in [7, 11) is 1.63. The van der Waals surface area contributed by atoms with Gasteiger partial charge in [0, 0.05) is 11.9 Å². The maximum atomic E-state index is 5.68. The maximum absolute atomic E-state index is 5.68. The van der Waals surface area contributed by atoms with E-state index in [0.29, 0.717) is 13.2 Å². The van der Waals surface area contributed by atoms with Gasteiger partial charge in [-0.1, -0.05) is 0 Å². The number of thiazole rings is 1. The summed E-state index contributed by atoms with van der Waals surface area (Å²) in [5.41, 5.74) is 6.40. The summed E-state index contributed by atoms with van der Waals surface area (Å²) in [5, 5.41) is 2.88. The minimum atomic E-state index is 0.432. The van der Waals surface area contributed by atoms with Crippen LogP contribution < -0.4 is 15.2 Å². The highest BCUT2D eigenvalue weighted by Gasteiger charge is 2.05. The number of methoxy groups -OCH3 is 1. The lowest BCUT2D eigenvalue weighted by Gasteiger charge is -2.08. The first-order chi connectivity index (χ1) is 8.72. The topological polar surface area (TPSA) is 57.4 Å². The molecule has 0 amide bonds. The van der Waals surface area contributed by atoms with E-state index in [0.717, 1.165) is 26.7 Å². The lowest BCUT2D eigenvalue weighted by Crippen LogP contribution is -1.99. The van der Waals surface area contributed by atoms with E-state index in [4.69, 9.17) is 15.2 Å². The quantitative estimate of drug-likeness (QED) is 0.916. The lowest BCUT2D eigenvalue weighted by atomic mass is 10.3. The Kier molecular flexibility index (Phi) is 4.57. The molecule has 96 valence electrons. The summed E-state index contributed by atoms with van der Waals surface area (Å²) < 4.78 is 11.7. The summed E-state index contributed by atoms with van der Waals surface area (Å²) >= 11 is 4.98. The van der Waals surface area contributed by atoms with Crippen LogP contribution in [0, 0.1) is 0 Å². The molecule has 0 unspecified atom stereocenters. The fourth-order valence-corrected chi connectivity index (χ4v) is 2.52. The fraction of sp³-hybridized carbons (Fsp3) is 0.250. The Balaban J connectivity index is 2.01. The van der Waals surface area contributed by atoms with Crippen LogP contribution in [0.2, 0.25) is 0 Å². The molecule has 0 aliphatic carbocycles. The molecule has 0 saturated heterocycles. The Bertz CT molecular complexity index is 531. The first-order valence-corrected chi connectivity index (χ1v) is 7.00. The number of nitrogens with two attached hydrogens (primary N) is 1. The summed E-state index contributed by atoms with van der Waals surface area (Å²) in [6.07, 6.45) is 0. The highest BCUT2D eigenvalue weighted by molar-refractivity contribution is 9.10. The molecule has 2 N–H and O–H groups in total. The molecule has 0 aliphatic rings. The Morgan fingerprint density at radius 1 is 1.44 bits per heavy atom. The Hall–Kier alpha value is -1.11. The highest BCUT2D eigenvalue weighted by atomic mass is 79.9. The second-order valence-electron chi connectivity index (χ2n) is 3.52. The normalized spacial score (nSPS) is 10.4. The van der Waals surface area contributed by atoms with Gasteiger partial charge in [0.2, 0.25) is 0 Å². The van der Waals surface area contributed by atoms with E-state index < -0.39 is 0 Å². The van der Waals surface area contributed by atoms with Crippen molar-refractivity contribution in [2.75, 3.05) is 7.11 Å². The first kappa shape index (κ1) is 13.3. The fourth-order valence-electron chi connectivity index (χ4n) is 1.39. The van der Waals surface area contributed by atoms with Gasteiger partial charge in [0.05, 0.1) is 17.3 Å². The zero-order chi connectivity index (χ0) is 13.0. The molecule has 2 aromatic rings. The Morgan fingerprint density at radius 3 is 2.89 bits per heavy atom. The standard InChI is InChI=1S/C12H13BrN2O2S/c1-16-9-2-3-11(10(13)4-9)17-6-8-7-18-12(5-14)15-8/h2-4,7H,5-6,14H2,1H3. The van der Waals surface area contributed by atoms with Crippen LogP contribution in [-0.2, 0) is 13.2 Å². The van der Waals surface area contributed by atoms with Crippen molar-refractivity contribution >= 4 is 27.3 Å². The SMILES string of the molecule is COc1ccc(OCc2csc(CN)n2)c(Br)c1. The summed E-state index contributed by atoms with van der Waals surface area (Å²) in [5.74, 6) is 1.55. The molecule has 4 nitrogen and oxygen atoms in total. The van der Waals surface area contributed by atoms with E-state index in [-0.39, 0.29) is 0 Å².